The largest absolute Gasteiger partial charge is 0.490 e. The minimum atomic E-state index is -5.08. The zero-order chi connectivity index (χ0) is 29.6. The molecular weight excluding hydrogens is 560 g/mol. The molecule has 2 aromatic heterocycles. The molecule has 2 fully saturated rings. The van der Waals surface area contributed by atoms with Crippen LogP contribution >= 0.6 is 11.3 Å². The molecule has 4 heterocycles. The number of amides is 1. The molecule has 4 rings (SSSR count). The van der Waals surface area contributed by atoms with Crippen LogP contribution in [0.15, 0.2) is 17.5 Å². The Bertz CT molecular complexity index is 1130. The van der Waals surface area contributed by atoms with E-state index in [0.29, 0.717) is 6.54 Å². The number of piperidine rings is 1. The SMILES string of the molecule is Cc1ccc(N2CCCC3(CCN(Cc4csc(C)n4)C3=O)C2)nn1.O=C(O)C(F)(F)F.O=C(O)C(F)(F)F. The molecule has 2 aliphatic rings. The number of carbonyl (C=O) groups excluding carboxylic acids is 1. The van der Waals surface area contributed by atoms with E-state index in [9.17, 15) is 31.1 Å². The summed E-state index contributed by atoms with van der Waals surface area (Å²) in [5, 5.41) is 25.8. The van der Waals surface area contributed by atoms with Gasteiger partial charge in [-0.1, -0.05) is 0 Å². The molecule has 10 nitrogen and oxygen atoms in total. The predicted octanol–water partition coefficient (Wildman–Crippen LogP) is 3.84. The quantitative estimate of drug-likeness (QED) is 0.515. The van der Waals surface area contributed by atoms with E-state index < -0.39 is 24.3 Å². The molecular formula is C22H25F6N5O5S. The number of alkyl halides is 6. The van der Waals surface area contributed by atoms with Gasteiger partial charge in [-0.2, -0.15) is 31.4 Å². The topological polar surface area (TPSA) is 137 Å². The predicted molar refractivity (Wildman–Crippen MR) is 125 cm³/mol. The summed E-state index contributed by atoms with van der Waals surface area (Å²) in [6.45, 7) is 7.09. The van der Waals surface area contributed by atoms with Gasteiger partial charge < -0.3 is 20.0 Å². The van der Waals surface area contributed by atoms with Crippen molar-refractivity contribution in [1.82, 2.24) is 20.1 Å². The van der Waals surface area contributed by atoms with Crippen LogP contribution in [0, 0.1) is 19.3 Å². The molecule has 1 unspecified atom stereocenters. The molecule has 1 atom stereocenters. The van der Waals surface area contributed by atoms with Gasteiger partial charge in [0.2, 0.25) is 5.91 Å². The number of aliphatic carboxylic acids is 2. The highest BCUT2D eigenvalue weighted by molar-refractivity contribution is 7.09. The van der Waals surface area contributed by atoms with Crippen LogP contribution in [0.5, 0.6) is 0 Å². The minimum absolute atomic E-state index is 0.268. The van der Waals surface area contributed by atoms with Crippen molar-refractivity contribution in [3.8, 4) is 0 Å². The molecule has 0 aromatic carbocycles. The highest BCUT2D eigenvalue weighted by atomic mass is 32.1. The number of carboxylic acid groups (broad SMARTS) is 2. The summed E-state index contributed by atoms with van der Waals surface area (Å²) in [5.41, 5.74) is 1.65. The lowest BCUT2D eigenvalue weighted by atomic mass is 9.78. The number of carboxylic acids is 2. The van der Waals surface area contributed by atoms with Gasteiger partial charge in [0.05, 0.1) is 28.4 Å². The number of nitrogens with zero attached hydrogens (tertiary/aromatic N) is 5. The summed E-state index contributed by atoms with van der Waals surface area (Å²) in [4.78, 5) is 39.7. The number of likely N-dealkylation sites (tertiary alicyclic amines) is 1. The van der Waals surface area contributed by atoms with Crippen molar-refractivity contribution in [1.29, 1.82) is 0 Å². The van der Waals surface area contributed by atoms with Crippen molar-refractivity contribution >= 4 is 35.0 Å². The van der Waals surface area contributed by atoms with Crippen LogP contribution in [0.1, 0.15) is 35.7 Å². The van der Waals surface area contributed by atoms with Crippen LogP contribution in [-0.4, -0.2) is 80.1 Å². The van der Waals surface area contributed by atoms with Gasteiger partial charge in [-0.25, -0.2) is 14.6 Å². The number of hydrogen-bond donors (Lipinski definition) is 2. The van der Waals surface area contributed by atoms with Gasteiger partial charge in [-0.05, 0) is 45.2 Å². The van der Waals surface area contributed by atoms with Crippen molar-refractivity contribution in [2.24, 2.45) is 5.41 Å². The molecule has 216 valence electrons. The van der Waals surface area contributed by atoms with Crippen LogP contribution in [0.2, 0.25) is 0 Å². The second-order valence-electron chi connectivity index (χ2n) is 8.78. The lowest BCUT2D eigenvalue weighted by Crippen LogP contribution is -2.48. The van der Waals surface area contributed by atoms with Gasteiger partial charge in [0.25, 0.3) is 0 Å². The third-order valence-corrected chi connectivity index (χ3v) is 6.61. The average Bonchev–Trinajstić information content (AvgIpc) is 3.37. The minimum Gasteiger partial charge on any atom is -0.475 e. The molecule has 39 heavy (non-hydrogen) atoms. The lowest BCUT2D eigenvalue weighted by molar-refractivity contribution is -0.193. The third kappa shape index (κ3) is 9.04. The number of anilines is 1. The Morgan fingerprint density at radius 1 is 1.00 bits per heavy atom. The zero-order valence-electron chi connectivity index (χ0n) is 20.7. The highest BCUT2D eigenvalue weighted by Crippen LogP contribution is 2.41. The standard InChI is InChI=1S/C18H23N5OS.2C2HF3O2/c1-13-4-5-16(21-20-13)23-8-3-6-18(12-23)7-9-22(17(18)24)10-15-11-25-14(2)19-15;2*3-2(4,5)1(6)7/h4-5,11H,3,6-10,12H2,1-2H3;2*(H,6,7). The summed E-state index contributed by atoms with van der Waals surface area (Å²) >= 11 is 1.64. The van der Waals surface area contributed by atoms with Gasteiger partial charge in [0.15, 0.2) is 5.82 Å². The first-order valence-electron chi connectivity index (χ1n) is 11.3. The van der Waals surface area contributed by atoms with Crippen molar-refractivity contribution in [2.75, 3.05) is 24.5 Å². The van der Waals surface area contributed by atoms with Crippen molar-refractivity contribution in [2.45, 2.75) is 52.0 Å². The van der Waals surface area contributed by atoms with E-state index in [2.05, 4.69) is 25.5 Å². The number of halogens is 6. The average molecular weight is 586 g/mol. The van der Waals surface area contributed by atoms with E-state index in [1.54, 1.807) is 11.3 Å². The molecule has 2 saturated heterocycles. The van der Waals surface area contributed by atoms with Gasteiger partial charge in [-0.3, -0.25) is 4.79 Å². The Balaban J connectivity index is 0.000000317. The third-order valence-electron chi connectivity index (χ3n) is 5.79. The maximum absolute atomic E-state index is 13.2. The fourth-order valence-corrected chi connectivity index (χ4v) is 4.59. The fraction of sp³-hybridized carbons (Fsp3) is 0.545. The second-order valence-corrected chi connectivity index (χ2v) is 9.84. The van der Waals surface area contributed by atoms with Gasteiger partial charge >= 0.3 is 24.3 Å². The Labute approximate surface area is 222 Å². The number of aryl methyl sites for hydroxylation is 2. The normalized spacial score (nSPS) is 19.2. The summed E-state index contributed by atoms with van der Waals surface area (Å²) in [6.07, 6.45) is -7.26. The number of hydrogen-bond acceptors (Lipinski definition) is 8. The maximum Gasteiger partial charge on any atom is 0.490 e. The van der Waals surface area contributed by atoms with E-state index in [0.717, 1.165) is 61.1 Å². The molecule has 1 spiro atoms. The van der Waals surface area contributed by atoms with Crippen LogP contribution in [0.3, 0.4) is 0 Å². The van der Waals surface area contributed by atoms with Crippen LogP contribution < -0.4 is 4.90 Å². The van der Waals surface area contributed by atoms with Gasteiger partial charge in [0.1, 0.15) is 0 Å². The van der Waals surface area contributed by atoms with Crippen LogP contribution in [0.4, 0.5) is 32.2 Å². The zero-order valence-corrected chi connectivity index (χ0v) is 21.5. The molecule has 0 saturated carbocycles. The molecule has 2 N–H and O–H groups in total. The smallest absolute Gasteiger partial charge is 0.475 e. The summed E-state index contributed by atoms with van der Waals surface area (Å²) < 4.78 is 63.5. The first-order valence-corrected chi connectivity index (χ1v) is 12.2. The Morgan fingerprint density at radius 3 is 2.05 bits per heavy atom. The summed E-state index contributed by atoms with van der Waals surface area (Å²) in [6, 6.07) is 3.99. The highest BCUT2D eigenvalue weighted by Gasteiger charge is 2.49. The molecule has 0 radical (unpaired) electrons. The first-order chi connectivity index (χ1) is 17.9. The fourth-order valence-electron chi connectivity index (χ4n) is 3.99. The van der Waals surface area contributed by atoms with E-state index in [1.165, 1.54) is 0 Å². The molecule has 0 bridgehead atoms. The maximum atomic E-state index is 13.2. The molecule has 17 heteroatoms. The van der Waals surface area contributed by atoms with E-state index in [-0.39, 0.29) is 11.3 Å². The Morgan fingerprint density at radius 2 is 1.59 bits per heavy atom. The molecule has 0 aliphatic carbocycles. The number of aromatic nitrogens is 3. The van der Waals surface area contributed by atoms with Crippen LogP contribution in [0.25, 0.3) is 0 Å². The lowest BCUT2D eigenvalue weighted by Gasteiger charge is -2.39. The van der Waals surface area contributed by atoms with Crippen LogP contribution in [-0.2, 0) is 20.9 Å². The summed E-state index contributed by atoms with van der Waals surface area (Å²) in [5.74, 6) is -4.35. The van der Waals surface area contributed by atoms with Crippen molar-refractivity contribution < 1.29 is 50.9 Å². The number of rotatable bonds is 3. The van der Waals surface area contributed by atoms with Crippen molar-refractivity contribution in [3.05, 3.63) is 33.9 Å². The van der Waals surface area contributed by atoms with E-state index in [4.69, 9.17) is 19.8 Å². The number of thiazole rings is 1. The Hall–Kier alpha value is -3.50. The summed E-state index contributed by atoms with van der Waals surface area (Å²) in [7, 11) is 0. The van der Waals surface area contributed by atoms with E-state index >= 15 is 0 Å². The Kier molecular flexibility index (Phi) is 10.2. The number of carbonyl (C=O) groups is 3. The molecule has 1 amide bonds. The van der Waals surface area contributed by atoms with Gasteiger partial charge in [0, 0.05) is 25.0 Å². The van der Waals surface area contributed by atoms with Crippen molar-refractivity contribution in [3.63, 3.8) is 0 Å². The molecule has 2 aliphatic heterocycles. The molecule has 2 aromatic rings. The monoisotopic (exact) mass is 585 g/mol. The second kappa shape index (κ2) is 12.6. The van der Waals surface area contributed by atoms with Gasteiger partial charge in [-0.15, -0.1) is 16.4 Å². The first kappa shape index (κ1) is 31.7. The van der Waals surface area contributed by atoms with E-state index in [1.807, 2.05) is 30.9 Å².